The fourth-order valence-corrected chi connectivity index (χ4v) is 5.03. The van der Waals surface area contributed by atoms with Crippen LogP contribution in [0.15, 0.2) is 83.8 Å². The summed E-state index contributed by atoms with van der Waals surface area (Å²) in [6.07, 6.45) is 0. The van der Waals surface area contributed by atoms with Gasteiger partial charge in [-0.1, -0.05) is 48.0 Å². The van der Waals surface area contributed by atoms with Crippen LogP contribution < -0.4 is 4.72 Å². The SMILES string of the molecule is Cc1ccc(S(=O)(=O)N[C@H](c2ccc([N+](=O)[O-])cc2)c2cc3ccccc3n2C(=O)N(C)C)cc1. The van der Waals surface area contributed by atoms with Gasteiger partial charge in [0.2, 0.25) is 10.0 Å². The Morgan fingerprint density at radius 3 is 2.23 bits per heavy atom. The van der Waals surface area contributed by atoms with Gasteiger partial charge >= 0.3 is 6.03 Å². The Morgan fingerprint density at radius 2 is 1.63 bits per heavy atom. The van der Waals surface area contributed by atoms with Gasteiger partial charge in [-0.25, -0.2) is 13.2 Å². The van der Waals surface area contributed by atoms with Crippen molar-refractivity contribution in [3.8, 4) is 0 Å². The predicted octanol–water partition coefficient (Wildman–Crippen LogP) is 4.46. The van der Waals surface area contributed by atoms with Crippen molar-refractivity contribution in [2.45, 2.75) is 17.9 Å². The molecule has 0 spiro atoms. The first kappa shape index (κ1) is 24.1. The number of non-ortho nitro benzene ring substituents is 1. The number of sulfonamides is 1. The van der Waals surface area contributed by atoms with E-state index >= 15 is 0 Å². The molecule has 1 amide bonds. The van der Waals surface area contributed by atoms with E-state index in [1.165, 1.54) is 45.9 Å². The van der Waals surface area contributed by atoms with E-state index in [4.69, 9.17) is 0 Å². The molecule has 0 saturated heterocycles. The number of amides is 1. The molecule has 10 heteroatoms. The highest BCUT2D eigenvalue weighted by Gasteiger charge is 2.29. The van der Waals surface area contributed by atoms with Gasteiger partial charge in [-0.15, -0.1) is 0 Å². The quantitative estimate of drug-likeness (QED) is 0.315. The molecule has 180 valence electrons. The number of hydrogen-bond acceptors (Lipinski definition) is 5. The lowest BCUT2D eigenvalue weighted by atomic mass is 10.0. The Kier molecular flexibility index (Phi) is 6.42. The van der Waals surface area contributed by atoms with E-state index in [0.29, 0.717) is 16.8 Å². The molecule has 0 aliphatic carbocycles. The Balaban J connectivity index is 1.92. The van der Waals surface area contributed by atoms with Gasteiger partial charge in [0.05, 0.1) is 27.1 Å². The largest absolute Gasteiger partial charge is 0.330 e. The number of para-hydroxylation sites is 1. The Morgan fingerprint density at radius 1 is 1.00 bits per heavy atom. The van der Waals surface area contributed by atoms with Gasteiger partial charge < -0.3 is 4.90 Å². The number of aryl methyl sites for hydroxylation is 1. The minimum absolute atomic E-state index is 0.0663. The van der Waals surface area contributed by atoms with Crippen LogP contribution >= 0.6 is 0 Å². The number of nitrogens with one attached hydrogen (secondary N) is 1. The second-order valence-electron chi connectivity index (χ2n) is 8.36. The van der Waals surface area contributed by atoms with Gasteiger partial charge in [0.1, 0.15) is 0 Å². The minimum Gasteiger partial charge on any atom is -0.330 e. The van der Waals surface area contributed by atoms with E-state index in [2.05, 4.69) is 4.72 Å². The number of nitrogens with zero attached hydrogens (tertiary/aromatic N) is 3. The number of benzene rings is 3. The lowest BCUT2D eigenvalue weighted by molar-refractivity contribution is -0.384. The average Bonchev–Trinajstić information content (AvgIpc) is 3.21. The molecule has 0 unspecified atom stereocenters. The van der Waals surface area contributed by atoms with Crippen molar-refractivity contribution in [3.63, 3.8) is 0 Å². The third kappa shape index (κ3) is 4.79. The van der Waals surface area contributed by atoms with Gasteiger partial charge in [-0.05, 0) is 36.8 Å². The predicted molar refractivity (Wildman–Crippen MR) is 133 cm³/mol. The number of carbonyl (C=O) groups excluding carboxylic acids is 1. The highest BCUT2D eigenvalue weighted by Crippen LogP contribution is 2.31. The van der Waals surface area contributed by atoms with Crippen molar-refractivity contribution in [1.29, 1.82) is 0 Å². The van der Waals surface area contributed by atoms with Gasteiger partial charge in [0, 0.05) is 31.6 Å². The van der Waals surface area contributed by atoms with Crippen LogP contribution in [0, 0.1) is 17.0 Å². The maximum atomic E-state index is 13.4. The molecule has 0 radical (unpaired) electrons. The number of nitro benzene ring substituents is 1. The van der Waals surface area contributed by atoms with Crippen LogP contribution in [0.5, 0.6) is 0 Å². The number of rotatable bonds is 6. The van der Waals surface area contributed by atoms with Crippen LogP contribution in [0.1, 0.15) is 22.9 Å². The molecule has 1 atom stereocenters. The molecule has 4 rings (SSSR count). The Hall–Kier alpha value is -4.02. The summed E-state index contributed by atoms with van der Waals surface area (Å²) >= 11 is 0. The molecule has 1 aromatic heterocycles. The van der Waals surface area contributed by atoms with E-state index in [0.717, 1.165) is 10.9 Å². The summed E-state index contributed by atoms with van der Waals surface area (Å²) < 4.78 is 30.9. The van der Waals surface area contributed by atoms with Gasteiger partial charge in [0.25, 0.3) is 5.69 Å². The van der Waals surface area contributed by atoms with Crippen molar-refractivity contribution in [1.82, 2.24) is 14.2 Å². The van der Waals surface area contributed by atoms with Crippen LogP contribution in [-0.2, 0) is 10.0 Å². The summed E-state index contributed by atoms with van der Waals surface area (Å²) in [4.78, 5) is 25.3. The monoisotopic (exact) mass is 492 g/mol. The molecule has 0 bridgehead atoms. The van der Waals surface area contributed by atoms with E-state index in [-0.39, 0.29) is 16.6 Å². The first-order valence-corrected chi connectivity index (χ1v) is 12.2. The summed E-state index contributed by atoms with van der Waals surface area (Å²) in [5, 5.41) is 11.9. The van der Waals surface area contributed by atoms with Gasteiger partial charge in [-0.2, -0.15) is 4.72 Å². The normalized spacial score (nSPS) is 12.4. The van der Waals surface area contributed by atoms with E-state index in [1.54, 1.807) is 44.4 Å². The van der Waals surface area contributed by atoms with Crippen molar-refractivity contribution in [2.24, 2.45) is 0 Å². The van der Waals surface area contributed by atoms with Crippen molar-refractivity contribution in [3.05, 3.63) is 106 Å². The number of fused-ring (bicyclic) bond motifs is 1. The summed E-state index contributed by atoms with van der Waals surface area (Å²) in [5.41, 5.74) is 2.23. The van der Waals surface area contributed by atoms with Crippen LogP contribution in [0.2, 0.25) is 0 Å². The van der Waals surface area contributed by atoms with Gasteiger partial charge in [0.15, 0.2) is 0 Å². The molecule has 4 aromatic rings. The molecule has 0 aliphatic rings. The summed E-state index contributed by atoms with van der Waals surface area (Å²) in [5.74, 6) is 0. The van der Waals surface area contributed by atoms with Crippen molar-refractivity contribution >= 4 is 32.6 Å². The van der Waals surface area contributed by atoms with Crippen molar-refractivity contribution < 1.29 is 18.1 Å². The van der Waals surface area contributed by atoms with Crippen LogP contribution in [-0.4, -0.2) is 42.9 Å². The second kappa shape index (κ2) is 9.32. The fourth-order valence-electron chi connectivity index (χ4n) is 3.83. The first-order chi connectivity index (χ1) is 16.6. The summed E-state index contributed by atoms with van der Waals surface area (Å²) in [6, 6.07) is 19.6. The lowest BCUT2D eigenvalue weighted by Gasteiger charge is -2.23. The van der Waals surface area contributed by atoms with E-state index in [9.17, 15) is 23.3 Å². The number of nitro groups is 1. The Bertz CT molecular complexity index is 1510. The topological polar surface area (TPSA) is 115 Å². The maximum Gasteiger partial charge on any atom is 0.328 e. The molecule has 0 saturated carbocycles. The lowest BCUT2D eigenvalue weighted by Crippen LogP contribution is -2.34. The van der Waals surface area contributed by atoms with E-state index < -0.39 is 21.0 Å². The second-order valence-corrected chi connectivity index (χ2v) is 10.1. The molecule has 35 heavy (non-hydrogen) atoms. The number of hydrogen-bond donors (Lipinski definition) is 1. The average molecular weight is 493 g/mol. The van der Waals surface area contributed by atoms with Crippen LogP contribution in [0.3, 0.4) is 0 Å². The van der Waals surface area contributed by atoms with Gasteiger partial charge in [-0.3, -0.25) is 14.7 Å². The zero-order valence-electron chi connectivity index (χ0n) is 19.4. The highest BCUT2D eigenvalue weighted by molar-refractivity contribution is 7.89. The van der Waals surface area contributed by atoms with E-state index in [1.807, 2.05) is 19.1 Å². The van der Waals surface area contributed by atoms with Crippen LogP contribution in [0.4, 0.5) is 10.5 Å². The highest BCUT2D eigenvalue weighted by atomic mass is 32.2. The molecule has 1 N–H and O–H groups in total. The summed E-state index contributed by atoms with van der Waals surface area (Å²) in [7, 11) is -0.803. The minimum atomic E-state index is -4.02. The molecular formula is C25H24N4O5S. The standard InChI is InChI=1S/C25H24N4O5S/c1-17-8-14-21(15-9-17)35(33,34)26-24(18-10-12-20(13-11-18)29(31)32)23-16-19-6-4-5-7-22(19)28(23)25(30)27(2)3/h4-16,24,26H,1-3H3/t24-/m1/s1. The zero-order chi connectivity index (χ0) is 25.3. The first-order valence-electron chi connectivity index (χ1n) is 10.7. The molecule has 0 fully saturated rings. The third-order valence-electron chi connectivity index (χ3n) is 5.65. The third-order valence-corrected chi connectivity index (χ3v) is 7.09. The Labute approximate surface area is 202 Å². The smallest absolute Gasteiger partial charge is 0.328 e. The molecule has 9 nitrogen and oxygen atoms in total. The number of aromatic nitrogens is 1. The summed E-state index contributed by atoms with van der Waals surface area (Å²) in [6.45, 7) is 1.86. The number of carbonyl (C=O) groups is 1. The molecule has 3 aromatic carbocycles. The molecular weight excluding hydrogens is 468 g/mol. The molecule has 1 heterocycles. The fraction of sp³-hybridized carbons (Fsp3) is 0.160. The maximum absolute atomic E-state index is 13.4. The van der Waals surface area contributed by atoms with Crippen molar-refractivity contribution in [2.75, 3.05) is 14.1 Å². The molecule has 0 aliphatic heterocycles. The zero-order valence-corrected chi connectivity index (χ0v) is 20.2. The van der Waals surface area contributed by atoms with Crippen LogP contribution in [0.25, 0.3) is 10.9 Å².